The Morgan fingerprint density at radius 3 is 1.56 bits per heavy atom. The van der Waals surface area contributed by atoms with Crippen molar-refractivity contribution < 1.29 is 9.59 Å². The highest BCUT2D eigenvalue weighted by Crippen LogP contribution is 2.03. The Kier molecular flexibility index (Phi) is 8.86. The van der Waals surface area contributed by atoms with Crippen LogP contribution in [0.3, 0.4) is 0 Å². The summed E-state index contributed by atoms with van der Waals surface area (Å²) in [6.45, 7) is 0. The van der Waals surface area contributed by atoms with Gasteiger partial charge in [-0.05, 0) is 48.2 Å². The van der Waals surface area contributed by atoms with Crippen LogP contribution >= 0.6 is 0 Å². The molecule has 0 saturated carbocycles. The molecule has 0 radical (unpaired) electrons. The van der Waals surface area contributed by atoms with Crippen LogP contribution in [0.4, 0.5) is 0 Å². The fourth-order valence-electron chi connectivity index (χ4n) is 2.12. The van der Waals surface area contributed by atoms with E-state index in [1.54, 1.807) is 61.5 Å². The largest absolute Gasteiger partial charge is 0.273 e. The molecule has 0 spiro atoms. The van der Waals surface area contributed by atoms with Gasteiger partial charge in [-0.1, -0.05) is 6.42 Å². The molecule has 8 heteroatoms. The highest BCUT2D eigenvalue weighted by molar-refractivity contribution is 5.82. The lowest BCUT2D eigenvalue weighted by atomic mass is 10.1. The molecule has 2 heterocycles. The summed E-state index contributed by atoms with van der Waals surface area (Å²) in [5, 5.41) is 7.78. The zero-order valence-electron chi connectivity index (χ0n) is 14.9. The Bertz CT molecular complexity index is 697. The molecule has 8 nitrogen and oxygen atoms in total. The standard InChI is InChI=1S/C19H22N6O2/c26-18(24-22-14-16-6-10-20-11-7-16)4-2-1-3-5-19(27)25-23-15-17-8-12-21-13-9-17/h6-15H,1-5H2,(H,24,26)(H,25,27). The van der Waals surface area contributed by atoms with Crippen molar-refractivity contribution in [1.29, 1.82) is 0 Å². The van der Waals surface area contributed by atoms with Crippen LogP contribution in [0.2, 0.25) is 0 Å². The topological polar surface area (TPSA) is 109 Å². The average molecular weight is 366 g/mol. The lowest BCUT2D eigenvalue weighted by Gasteiger charge is -2.01. The van der Waals surface area contributed by atoms with Gasteiger partial charge in [-0.25, -0.2) is 10.9 Å². The minimum absolute atomic E-state index is 0.147. The lowest BCUT2D eigenvalue weighted by Crippen LogP contribution is -2.18. The van der Waals surface area contributed by atoms with Crippen molar-refractivity contribution in [2.45, 2.75) is 32.1 Å². The number of hydrogen-bond donors (Lipinski definition) is 2. The maximum absolute atomic E-state index is 11.7. The van der Waals surface area contributed by atoms with E-state index >= 15 is 0 Å². The zero-order valence-corrected chi connectivity index (χ0v) is 14.9. The first-order valence-electron chi connectivity index (χ1n) is 8.68. The van der Waals surface area contributed by atoms with Crippen LogP contribution < -0.4 is 10.9 Å². The molecular formula is C19H22N6O2. The van der Waals surface area contributed by atoms with E-state index in [2.05, 4.69) is 31.0 Å². The van der Waals surface area contributed by atoms with Crippen molar-refractivity contribution in [3.8, 4) is 0 Å². The van der Waals surface area contributed by atoms with Crippen molar-refractivity contribution in [3.63, 3.8) is 0 Å². The Hall–Kier alpha value is -3.42. The summed E-state index contributed by atoms with van der Waals surface area (Å²) in [6.07, 6.45) is 12.7. The number of aromatic nitrogens is 2. The Balaban J connectivity index is 1.51. The summed E-state index contributed by atoms with van der Waals surface area (Å²) < 4.78 is 0. The van der Waals surface area contributed by atoms with Gasteiger partial charge in [0, 0.05) is 37.6 Å². The van der Waals surface area contributed by atoms with Crippen LogP contribution in [0, 0.1) is 0 Å². The second-order valence-electron chi connectivity index (χ2n) is 5.71. The molecule has 0 aliphatic rings. The summed E-state index contributed by atoms with van der Waals surface area (Å²) in [4.78, 5) is 31.1. The van der Waals surface area contributed by atoms with E-state index in [1.165, 1.54) is 0 Å². The molecule has 0 saturated heterocycles. The third kappa shape index (κ3) is 9.01. The highest BCUT2D eigenvalue weighted by Gasteiger charge is 2.02. The predicted octanol–water partition coefficient (Wildman–Crippen LogP) is 2.03. The first-order valence-corrected chi connectivity index (χ1v) is 8.68. The van der Waals surface area contributed by atoms with Crippen molar-refractivity contribution in [2.24, 2.45) is 10.2 Å². The smallest absolute Gasteiger partial charge is 0.240 e. The third-order valence-corrected chi connectivity index (χ3v) is 3.53. The van der Waals surface area contributed by atoms with E-state index < -0.39 is 0 Å². The number of nitrogens with zero attached hydrogens (tertiary/aromatic N) is 4. The monoisotopic (exact) mass is 366 g/mol. The first-order chi connectivity index (χ1) is 13.2. The summed E-state index contributed by atoms with van der Waals surface area (Å²) in [7, 11) is 0. The number of hydrogen-bond acceptors (Lipinski definition) is 6. The van der Waals surface area contributed by atoms with Crippen molar-refractivity contribution in [1.82, 2.24) is 20.8 Å². The summed E-state index contributed by atoms with van der Waals surface area (Å²) in [5.74, 6) is -0.293. The normalized spacial score (nSPS) is 11.0. The quantitative estimate of drug-likeness (QED) is 0.381. The molecule has 140 valence electrons. The number of nitrogens with one attached hydrogen (secondary N) is 2. The number of hydrazone groups is 2. The minimum Gasteiger partial charge on any atom is -0.273 e. The van der Waals surface area contributed by atoms with Crippen LogP contribution in [0.15, 0.2) is 59.3 Å². The molecule has 2 aromatic rings. The fraction of sp³-hybridized carbons (Fsp3) is 0.263. The molecule has 0 aromatic carbocycles. The SMILES string of the molecule is O=C(CCCCCC(=O)NN=Cc1ccncc1)NN=Cc1ccncc1. The van der Waals surface area contributed by atoms with E-state index in [9.17, 15) is 9.59 Å². The third-order valence-electron chi connectivity index (χ3n) is 3.53. The minimum atomic E-state index is -0.147. The second kappa shape index (κ2) is 12.0. The highest BCUT2D eigenvalue weighted by atomic mass is 16.2. The van der Waals surface area contributed by atoms with Gasteiger partial charge in [-0.15, -0.1) is 0 Å². The molecule has 0 aliphatic carbocycles. The van der Waals surface area contributed by atoms with E-state index in [1.807, 2.05) is 0 Å². The second-order valence-corrected chi connectivity index (χ2v) is 5.71. The predicted molar refractivity (Wildman–Crippen MR) is 103 cm³/mol. The molecule has 0 aliphatic heterocycles. The molecule has 2 amide bonds. The van der Waals surface area contributed by atoms with Gasteiger partial charge in [0.2, 0.25) is 11.8 Å². The summed E-state index contributed by atoms with van der Waals surface area (Å²) >= 11 is 0. The maximum atomic E-state index is 11.7. The van der Waals surface area contributed by atoms with Crippen molar-refractivity contribution in [3.05, 3.63) is 60.2 Å². The summed E-state index contributed by atoms with van der Waals surface area (Å²) in [5.41, 5.74) is 6.69. The first kappa shape index (κ1) is 19.9. The number of pyridine rings is 2. The number of amides is 2. The Morgan fingerprint density at radius 2 is 1.15 bits per heavy atom. The maximum Gasteiger partial charge on any atom is 0.240 e. The van der Waals surface area contributed by atoms with Gasteiger partial charge in [0.05, 0.1) is 12.4 Å². The molecule has 2 aromatic heterocycles. The molecule has 0 atom stereocenters. The molecule has 0 bridgehead atoms. The molecule has 27 heavy (non-hydrogen) atoms. The number of carbonyl (C=O) groups is 2. The van der Waals surface area contributed by atoms with E-state index in [0.29, 0.717) is 25.7 Å². The van der Waals surface area contributed by atoms with Crippen LogP contribution in [0.1, 0.15) is 43.2 Å². The van der Waals surface area contributed by atoms with Crippen LogP contribution in [0.25, 0.3) is 0 Å². The average Bonchev–Trinajstić information content (AvgIpc) is 2.69. The van der Waals surface area contributed by atoms with E-state index in [0.717, 1.165) is 17.5 Å². The van der Waals surface area contributed by atoms with Gasteiger partial charge in [-0.2, -0.15) is 10.2 Å². The molecule has 2 N–H and O–H groups in total. The Labute approximate surface area is 157 Å². The van der Waals surface area contributed by atoms with Crippen LogP contribution in [-0.2, 0) is 9.59 Å². The van der Waals surface area contributed by atoms with Crippen LogP contribution in [0.5, 0.6) is 0 Å². The molecule has 0 fully saturated rings. The van der Waals surface area contributed by atoms with Gasteiger partial charge >= 0.3 is 0 Å². The van der Waals surface area contributed by atoms with Gasteiger partial charge in [0.15, 0.2) is 0 Å². The van der Waals surface area contributed by atoms with Gasteiger partial charge in [-0.3, -0.25) is 19.6 Å². The van der Waals surface area contributed by atoms with Crippen molar-refractivity contribution in [2.75, 3.05) is 0 Å². The van der Waals surface area contributed by atoms with Gasteiger partial charge < -0.3 is 0 Å². The number of rotatable bonds is 10. The zero-order chi connectivity index (χ0) is 19.2. The number of unbranched alkanes of at least 4 members (excludes halogenated alkanes) is 2. The summed E-state index contributed by atoms with van der Waals surface area (Å²) in [6, 6.07) is 7.17. The molecule has 0 unspecified atom stereocenters. The van der Waals surface area contributed by atoms with E-state index in [4.69, 9.17) is 0 Å². The van der Waals surface area contributed by atoms with Gasteiger partial charge in [0.1, 0.15) is 0 Å². The van der Waals surface area contributed by atoms with Crippen molar-refractivity contribution >= 4 is 24.2 Å². The fourth-order valence-corrected chi connectivity index (χ4v) is 2.12. The molecule has 2 rings (SSSR count). The van der Waals surface area contributed by atoms with Crippen LogP contribution in [-0.4, -0.2) is 34.2 Å². The lowest BCUT2D eigenvalue weighted by molar-refractivity contribution is -0.121. The van der Waals surface area contributed by atoms with E-state index in [-0.39, 0.29) is 11.8 Å². The van der Waals surface area contributed by atoms with Gasteiger partial charge in [0.25, 0.3) is 0 Å². The number of carbonyl (C=O) groups excluding carboxylic acids is 2. The Morgan fingerprint density at radius 1 is 0.741 bits per heavy atom. The molecular weight excluding hydrogens is 344 g/mol.